The molecule has 0 aromatic carbocycles. The monoisotopic (exact) mass is 204 g/mol. The van der Waals surface area contributed by atoms with Crippen molar-refractivity contribution >= 4 is 5.82 Å². The van der Waals surface area contributed by atoms with Gasteiger partial charge >= 0.3 is 0 Å². The van der Waals surface area contributed by atoms with Gasteiger partial charge in [0.15, 0.2) is 0 Å². The third kappa shape index (κ3) is 4.43. The van der Waals surface area contributed by atoms with Crippen LogP contribution in [0.4, 0.5) is 5.82 Å². The maximum atomic E-state index is 8.69. The molecule has 0 bridgehead atoms. The first kappa shape index (κ1) is 11.5. The smallest absolute Gasteiger partial charge is 0.127 e. The molecule has 4 heteroatoms. The highest BCUT2D eigenvalue weighted by Crippen LogP contribution is 2.05. The number of nitriles is 1. The number of rotatable bonds is 5. The number of anilines is 1. The molecule has 80 valence electrons. The Kier molecular flexibility index (Phi) is 4.58. The average Bonchev–Trinajstić information content (AvgIpc) is 2.24. The highest BCUT2D eigenvalue weighted by molar-refractivity contribution is 5.42. The maximum absolute atomic E-state index is 8.69. The minimum atomic E-state index is 0.639. The number of nitrogens with zero attached hydrogens (tertiary/aromatic N) is 3. The van der Waals surface area contributed by atoms with E-state index < -0.39 is 0 Å². The number of hydrogen-bond acceptors (Lipinski definition) is 4. The van der Waals surface area contributed by atoms with E-state index in [-0.39, 0.29) is 0 Å². The molecule has 4 nitrogen and oxygen atoms in total. The summed E-state index contributed by atoms with van der Waals surface area (Å²) in [5.41, 5.74) is 0.639. The van der Waals surface area contributed by atoms with Gasteiger partial charge in [-0.3, -0.25) is 0 Å². The minimum Gasteiger partial charge on any atom is -0.370 e. The van der Waals surface area contributed by atoms with Gasteiger partial charge in [0.2, 0.25) is 0 Å². The fraction of sp³-hybridized carbons (Fsp3) is 0.455. The van der Waals surface area contributed by atoms with E-state index in [1.807, 2.05) is 0 Å². The van der Waals surface area contributed by atoms with Crippen molar-refractivity contribution in [2.75, 3.05) is 32.5 Å². The van der Waals surface area contributed by atoms with E-state index in [1.165, 1.54) is 0 Å². The van der Waals surface area contributed by atoms with Crippen molar-refractivity contribution in [3.05, 3.63) is 23.9 Å². The van der Waals surface area contributed by atoms with E-state index in [0.29, 0.717) is 5.56 Å². The zero-order valence-electron chi connectivity index (χ0n) is 9.20. The maximum Gasteiger partial charge on any atom is 0.127 e. The third-order valence-corrected chi connectivity index (χ3v) is 1.98. The molecule has 15 heavy (non-hydrogen) atoms. The molecule has 0 radical (unpaired) electrons. The molecule has 0 aliphatic carbocycles. The van der Waals surface area contributed by atoms with Crippen LogP contribution in [0.25, 0.3) is 0 Å². The third-order valence-electron chi connectivity index (χ3n) is 1.98. The first-order valence-electron chi connectivity index (χ1n) is 4.97. The van der Waals surface area contributed by atoms with Gasteiger partial charge in [0.25, 0.3) is 0 Å². The molecule has 0 aliphatic rings. The predicted molar refractivity (Wildman–Crippen MR) is 60.6 cm³/mol. The van der Waals surface area contributed by atoms with E-state index in [9.17, 15) is 0 Å². The van der Waals surface area contributed by atoms with Crippen molar-refractivity contribution in [1.82, 2.24) is 9.88 Å². The summed E-state index contributed by atoms with van der Waals surface area (Å²) in [5.74, 6) is 0.771. The molecule has 1 heterocycles. The number of aromatic nitrogens is 1. The first-order valence-corrected chi connectivity index (χ1v) is 4.97. The second-order valence-corrected chi connectivity index (χ2v) is 3.63. The Hall–Kier alpha value is -1.60. The van der Waals surface area contributed by atoms with E-state index in [0.717, 1.165) is 25.3 Å². The zero-order valence-corrected chi connectivity index (χ0v) is 9.20. The van der Waals surface area contributed by atoms with Gasteiger partial charge < -0.3 is 10.2 Å². The summed E-state index contributed by atoms with van der Waals surface area (Å²) in [4.78, 5) is 6.27. The van der Waals surface area contributed by atoms with Crippen molar-refractivity contribution in [3.63, 3.8) is 0 Å². The molecule has 1 N–H and O–H groups in total. The molecular formula is C11H16N4. The van der Waals surface area contributed by atoms with Crippen LogP contribution in [0, 0.1) is 11.3 Å². The Morgan fingerprint density at radius 3 is 3.00 bits per heavy atom. The highest BCUT2D eigenvalue weighted by atomic mass is 15.1. The molecule has 0 amide bonds. The fourth-order valence-electron chi connectivity index (χ4n) is 1.21. The Labute approximate surface area is 90.5 Å². The summed E-state index contributed by atoms with van der Waals surface area (Å²) in [6.45, 7) is 1.92. The Morgan fingerprint density at radius 1 is 1.53 bits per heavy atom. The van der Waals surface area contributed by atoms with Crippen LogP contribution < -0.4 is 5.32 Å². The molecule has 1 rings (SSSR count). The molecule has 0 spiro atoms. The second kappa shape index (κ2) is 5.99. The lowest BCUT2D eigenvalue weighted by Crippen LogP contribution is -2.16. The topological polar surface area (TPSA) is 52.0 Å². The molecule has 0 fully saturated rings. The van der Waals surface area contributed by atoms with Crippen molar-refractivity contribution in [1.29, 1.82) is 5.26 Å². The SMILES string of the molecule is CN(C)CCCNc1cc(C#N)ccn1. The average molecular weight is 204 g/mol. The van der Waals surface area contributed by atoms with Gasteiger partial charge in [0, 0.05) is 12.7 Å². The number of hydrogen-bond donors (Lipinski definition) is 1. The van der Waals surface area contributed by atoms with Gasteiger partial charge in [-0.2, -0.15) is 5.26 Å². The standard InChI is InChI=1S/C11H16N4/c1-15(2)7-3-5-13-11-8-10(9-12)4-6-14-11/h4,6,8H,3,5,7H2,1-2H3,(H,13,14). The van der Waals surface area contributed by atoms with E-state index in [1.54, 1.807) is 18.3 Å². The lowest BCUT2D eigenvalue weighted by atomic mass is 10.3. The summed E-state index contributed by atoms with van der Waals surface area (Å²) in [7, 11) is 4.10. The lowest BCUT2D eigenvalue weighted by molar-refractivity contribution is 0.405. The van der Waals surface area contributed by atoms with Crippen LogP contribution in [0.3, 0.4) is 0 Å². The summed E-state index contributed by atoms with van der Waals surface area (Å²) < 4.78 is 0. The zero-order chi connectivity index (χ0) is 11.1. The van der Waals surface area contributed by atoms with Gasteiger partial charge in [-0.15, -0.1) is 0 Å². The van der Waals surface area contributed by atoms with Gasteiger partial charge in [0.05, 0.1) is 11.6 Å². The van der Waals surface area contributed by atoms with E-state index in [4.69, 9.17) is 5.26 Å². The normalized spacial score (nSPS) is 10.0. The molecule has 0 saturated heterocycles. The minimum absolute atomic E-state index is 0.639. The Morgan fingerprint density at radius 2 is 2.33 bits per heavy atom. The quantitative estimate of drug-likeness (QED) is 0.735. The first-order chi connectivity index (χ1) is 7.22. The van der Waals surface area contributed by atoms with Crippen LogP contribution in [-0.2, 0) is 0 Å². The van der Waals surface area contributed by atoms with Crippen molar-refractivity contribution in [2.45, 2.75) is 6.42 Å². The van der Waals surface area contributed by atoms with Crippen LogP contribution >= 0.6 is 0 Å². The molecule has 0 aliphatic heterocycles. The van der Waals surface area contributed by atoms with Crippen LogP contribution in [0.1, 0.15) is 12.0 Å². The van der Waals surface area contributed by atoms with Crippen molar-refractivity contribution in [3.8, 4) is 6.07 Å². The van der Waals surface area contributed by atoms with Crippen LogP contribution in [-0.4, -0.2) is 37.1 Å². The van der Waals surface area contributed by atoms with Crippen LogP contribution in [0.2, 0.25) is 0 Å². The van der Waals surface area contributed by atoms with E-state index in [2.05, 4.69) is 35.4 Å². The number of nitrogens with one attached hydrogen (secondary N) is 1. The Bertz CT molecular complexity index is 341. The fourth-order valence-corrected chi connectivity index (χ4v) is 1.21. The summed E-state index contributed by atoms with van der Waals surface area (Å²) in [6, 6.07) is 5.55. The molecule has 0 unspecified atom stereocenters. The summed E-state index contributed by atoms with van der Waals surface area (Å²) >= 11 is 0. The van der Waals surface area contributed by atoms with E-state index >= 15 is 0 Å². The highest BCUT2D eigenvalue weighted by Gasteiger charge is 1.95. The molecule has 0 saturated carbocycles. The molecule has 1 aromatic rings. The van der Waals surface area contributed by atoms with Crippen LogP contribution in [0.5, 0.6) is 0 Å². The van der Waals surface area contributed by atoms with Crippen LogP contribution in [0.15, 0.2) is 18.3 Å². The number of pyridine rings is 1. The van der Waals surface area contributed by atoms with Gasteiger partial charge in [-0.25, -0.2) is 4.98 Å². The second-order valence-electron chi connectivity index (χ2n) is 3.63. The van der Waals surface area contributed by atoms with Gasteiger partial charge in [-0.1, -0.05) is 0 Å². The van der Waals surface area contributed by atoms with Crippen molar-refractivity contribution in [2.24, 2.45) is 0 Å². The Balaban J connectivity index is 2.35. The largest absolute Gasteiger partial charge is 0.370 e. The predicted octanol–water partition coefficient (Wildman–Crippen LogP) is 1.32. The van der Waals surface area contributed by atoms with Crippen molar-refractivity contribution < 1.29 is 0 Å². The summed E-state index contributed by atoms with van der Waals surface area (Å²) in [6.07, 6.45) is 2.71. The molecule has 0 atom stereocenters. The van der Waals surface area contributed by atoms with Gasteiger partial charge in [0.1, 0.15) is 5.82 Å². The molecular weight excluding hydrogens is 188 g/mol. The van der Waals surface area contributed by atoms with Gasteiger partial charge in [-0.05, 0) is 39.2 Å². The summed E-state index contributed by atoms with van der Waals surface area (Å²) in [5, 5.41) is 11.9. The molecule has 1 aromatic heterocycles. The lowest BCUT2D eigenvalue weighted by Gasteiger charge is -2.09.